The first kappa shape index (κ1) is 19.8. The van der Waals surface area contributed by atoms with E-state index >= 15 is 0 Å². The molecule has 0 spiro atoms. The van der Waals surface area contributed by atoms with Crippen LogP contribution < -0.4 is 9.47 Å². The van der Waals surface area contributed by atoms with Crippen LogP contribution in [0.15, 0.2) is 84.9 Å². The van der Waals surface area contributed by atoms with Gasteiger partial charge in [0.1, 0.15) is 6.61 Å². The Morgan fingerprint density at radius 2 is 1.62 bits per heavy atom. The number of carbonyl (C=O) groups excluding carboxylic acids is 1. The Kier molecular flexibility index (Phi) is 5.29. The van der Waals surface area contributed by atoms with Crippen molar-refractivity contribution < 1.29 is 14.3 Å². The van der Waals surface area contributed by atoms with Crippen LogP contribution in [-0.4, -0.2) is 51.9 Å². The van der Waals surface area contributed by atoms with E-state index in [9.17, 15) is 4.79 Å². The van der Waals surface area contributed by atoms with E-state index in [0.29, 0.717) is 30.5 Å². The second-order valence-electron chi connectivity index (χ2n) is 7.56. The second kappa shape index (κ2) is 8.55. The number of carbonyl (C=O) groups is 1. The fraction of sp³-hybridized carbons (Fsp3) is 0.160. The van der Waals surface area contributed by atoms with Gasteiger partial charge < -0.3 is 14.4 Å². The van der Waals surface area contributed by atoms with Crippen LogP contribution in [-0.2, 0) is 0 Å². The van der Waals surface area contributed by atoms with Gasteiger partial charge in [0.15, 0.2) is 23.4 Å². The SMILES string of the molecule is CN(C[C@@H]1COc2ccccc2O1)C(=O)c1nc(-c2ccccc2)n(-c2ccccc2)n1. The number of ether oxygens (including phenoxy) is 2. The minimum Gasteiger partial charge on any atom is -0.486 e. The molecule has 4 aromatic rings. The minimum atomic E-state index is -0.278. The standard InChI is InChI=1S/C25H22N4O3/c1-28(16-20-17-31-21-14-8-9-15-22(21)32-20)25(30)23-26-24(18-10-4-2-5-11-18)29(27-23)19-12-6-3-7-13-19/h2-15,20H,16-17H2,1H3/t20-/m1/s1. The highest BCUT2D eigenvalue weighted by molar-refractivity contribution is 5.91. The Balaban J connectivity index is 1.39. The number of hydrogen-bond donors (Lipinski definition) is 0. The monoisotopic (exact) mass is 426 g/mol. The maximum Gasteiger partial charge on any atom is 0.293 e. The van der Waals surface area contributed by atoms with Crippen molar-refractivity contribution in [2.75, 3.05) is 20.2 Å². The van der Waals surface area contributed by atoms with Gasteiger partial charge in [-0.1, -0.05) is 60.7 Å². The number of hydrogen-bond acceptors (Lipinski definition) is 5. The van der Waals surface area contributed by atoms with Gasteiger partial charge in [-0.25, -0.2) is 9.67 Å². The van der Waals surface area contributed by atoms with Gasteiger partial charge in [-0.3, -0.25) is 4.79 Å². The largest absolute Gasteiger partial charge is 0.486 e. The predicted molar refractivity (Wildman–Crippen MR) is 120 cm³/mol. The lowest BCUT2D eigenvalue weighted by Gasteiger charge is -2.29. The summed E-state index contributed by atoms with van der Waals surface area (Å²) in [6.45, 7) is 0.726. The average molecular weight is 426 g/mol. The molecule has 7 nitrogen and oxygen atoms in total. The number of benzene rings is 3. The normalized spacial score (nSPS) is 14.7. The summed E-state index contributed by atoms with van der Waals surface area (Å²) in [7, 11) is 1.72. The van der Waals surface area contributed by atoms with E-state index in [1.807, 2.05) is 84.9 Å². The fourth-order valence-electron chi connectivity index (χ4n) is 3.64. The van der Waals surface area contributed by atoms with E-state index in [0.717, 1.165) is 11.3 Å². The molecule has 5 rings (SSSR count). The second-order valence-corrected chi connectivity index (χ2v) is 7.56. The van der Waals surface area contributed by atoms with Crippen LogP contribution in [0.3, 0.4) is 0 Å². The molecule has 0 saturated heterocycles. The number of aromatic nitrogens is 3. The van der Waals surface area contributed by atoms with Crippen LogP contribution in [0.2, 0.25) is 0 Å². The number of nitrogens with zero attached hydrogens (tertiary/aromatic N) is 4. The van der Waals surface area contributed by atoms with Crippen molar-refractivity contribution in [1.82, 2.24) is 19.7 Å². The van der Waals surface area contributed by atoms with Crippen molar-refractivity contribution in [3.05, 3.63) is 90.8 Å². The zero-order chi connectivity index (χ0) is 21.9. The molecule has 0 unspecified atom stereocenters. The summed E-state index contributed by atoms with van der Waals surface area (Å²) in [6.07, 6.45) is -0.274. The number of likely N-dealkylation sites (N-methyl/N-ethyl adjacent to an activating group) is 1. The fourth-order valence-corrected chi connectivity index (χ4v) is 3.64. The van der Waals surface area contributed by atoms with E-state index in [1.165, 1.54) is 0 Å². The Hall–Kier alpha value is -4.13. The summed E-state index contributed by atoms with van der Waals surface area (Å²) in [5.74, 6) is 1.86. The molecule has 0 bridgehead atoms. The minimum absolute atomic E-state index is 0.132. The van der Waals surface area contributed by atoms with Gasteiger partial charge in [0.05, 0.1) is 12.2 Å². The molecule has 32 heavy (non-hydrogen) atoms. The van der Waals surface area contributed by atoms with E-state index in [1.54, 1.807) is 16.6 Å². The Morgan fingerprint density at radius 3 is 2.38 bits per heavy atom. The zero-order valence-electron chi connectivity index (χ0n) is 17.6. The number of para-hydroxylation sites is 3. The molecule has 2 heterocycles. The molecule has 1 amide bonds. The van der Waals surface area contributed by atoms with E-state index in [2.05, 4.69) is 10.1 Å². The molecule has 1 aliphatic rings. The first-order chi connectivity index (χ1) is 15.7. The molecule has 1 aromatic heterocycles. The first-order valence-corrected chi connectivity index (χ1v) is 10.4. The first-order valence-electron chi connectivity index (χ1n) is 10.4. The van der Waals surface area contributed by atoms with Crippen molar-refractivity contribution in [1.29, 1.82) is 0 Å². The predicted octanol–water partition coefficient (Wildman–Crippen LogP) is 3.85. The summed E-state index contributed by atoms with van der Waals surface area (Å²) in [5, 5.41) is 4.55. The van der Waals surface area contributed by atoms with E-state index in [4.69, 9.17) is 9.47 Å². The van der Waals surface area contributed by atoms with Crippen molar-refractivity contribution in [2.45, 2.75) is 6.10 Å². The maximum atomic E-state index is 13.2. The highest BCUT2D eigenvalue weighted by atomic mass is 16.6. The summed E-state index contributed by atoms with van der Waals surface area (Å²) in [5.41, 5.74) is 1.72. The van der Waals surface area contributed by atoms with Gasteiger partial charge in [-0.05, 0) is 24.3 Å². The van der Waals surface area contributed by atoms with Gasteiger partial charge in [-0.15, -0.1) is 5.10 Å². The van der Waals surface area contributed by atoms with E-state index < -0.39 is 0 Å². The molecular weight excluding hydrogens is 404 g/mol. The van der Waals surface area contributed by atoms with Gasteiger partial charge in [-0.2, -0.15) is 0 Å². The summed E-state index contributed by atoms with van der Waals surface area (Å²) < 4.78 is 13.5. The van der Waals surface area contributed by atoms with Gasteiger partial charge in [0.25, 0.3) is 5.91 Å². The lowest BCUT2D eigenvalue weighted by molar-refractivity contribution is 0.0513. The number of rotatable bonds is 5. The van der Waals surface area contributed by atoms with Crippen molar-refractivity contribution in [3.8, 4) is 28.6 Å². The van der Waals surface area contributed by atoms with Crippen LogP contribution in [0.25, 0.3) is 17.1 Å². The Bertz CT molecular complexity index is 1170. The quantitative estimate of drug-likeness (QED) is 0.485. The zero-order valence-corrected chi connectivity index (χ0v) is 17.6. The smallest absolute Gasteiger partial charge is 0.293 e. The third-order valence-electron chi connectivity index (χ3n) is 5.22. The highest BCUT2D eigenvalue weighted by Crippen LogP contribution is 2.31. The summed E-state index contributed by atoms with van der Waals surface area (Å²) in [4.78, 5) is 19.3. The topological polar surface area (TPSA) is 69.5 Å². The third kappa shape index (κ3) is 3.92. The molecule has 0 fully saturated rings. The summed E-state index contributed by atoms with van der Waals surface area (Å²) in [6, 6.07) is 26.9. The lowest BCUT2D eigenvalue weighted by atomic mass is 10.2. The van der Waals surface area contributed by atoms with Crippen LogP contribution in [0, 0.1) is 0 Å². The summed E-state index contributed by atoms with van der Waals surface area (Å²) >= 11 is 0. The molecule has 0 N–H and O–H groups in total. The molecule has 1 atom stereocenters. The van der Waals surface area contributed by atoms with Gasteiger partial charge in [0.2, 0.25) is 5.82 Å². The van der Waals surface area contributed by atoms with Gasteiger partial charge in [0, 0.05) is 12.6 Å². The highest BCUT2D eigenvalue weighted by Gasteiger charge is 2.27. The molecule has 0 aliphatic carbocycles. The van der Waals surface area contributed by atoms with Crippen LogP contribution in [0.5, 0.6) is 11.5 Å². The van der Waals surface area contributed by atoms with Crippen molar-refractivity contribution >= 4 is 5.91 Å². The lowest BCUT2D eigenvalue weighted by Crippen LogP contribution is -2.42. The molecular formula is C25H22N4O3. The molecule has 1 aliphatic heterocycles. The Labute approximate surface area is 185 Å². The number of fused-ring (bicyclic) bond motifs is 1. The molecule has 160 valence electrons. The maximum absolute atomic E-state index is 13.2. The van der Waals surface area contributed by atoms with Crippen molar-refractivity contribution in [2.24, 2.45) is 0 Å². The number of amides is 1. The average Bonchev–Trinajstić information content (AvgIpc) is 3.30. The van der Waals surface area contributed by atoms with Gasteiger partial charge >= 0.3 is 0 Å². The van der Waals surface area contributed by atoms with Crippen LogP contribution >= 0.6 is 0 Å². The van der Waals surface area contributed by atoms with E-state index in [-0.39, 0.29) is 17.8 Å². The van der Waals surface area contributed by atoms with Crippen LogP contribution in [0.1, 0.15) is 10.6 Å². The molecule has 0 radical (unpaired) electrons. The van der Waals surface area contributed by atoms with Crippen LogP contribution in [0.4, 0.5) is 0 Å². The third-order valence-corrected chi connectivity index (χ3v) is 5.22. The Morgan fingerprint density at radius 1 is 0.969 bits per heavy atom. The molecule has 7 heteroatoms. The molecule has 3 aromatic carbocycles. The van der Waals surface area contributed by atoms with Crippen molar-refractivity contribution in [3.63, 3.8) is 0 Å². The molecule has 0 saturated carbocycles.